The van der Waals surface area contributed by atoms with E-state index in [2.05, 4.69) is 23.9 Å². The molecule has 0 heterocycles. The summed E-state index contributed by atoms with van der Waals surface area (Å²) < 4.78 is 34.5. The third-order valence-electron chi connectivity index (χ3n) is 3.13. The van der Waals surface area contributed by atoms with Crippen LogP contribution < -0.4 is 14.8 Å². The summed E-state index contributed by atoms with van der Waals surface area (Å²) in [5.41, 5.74) is 1.06. The van der Waals surface area contributed by atoms with Crippen LogP contribution in [0.2, 0.25) is 0 Å². The van der Waals surface area contributed by atoms with E-state index in [-0.39, 0.29) is 5.75 Å². The lowest BCUT2D eigenvalue weighted by atomic mass is 10.1. The number of rotatable bonds is 10. The Morgan fingerprint density at radius 2 is 1.95 bits per heavy atom. The van der Waals surface area contributed by atoms with E-state index in [4.69, 9.17) is 4.74 Å². The number of ether oxygens (including phenoxy) is 2. The van der Waals surface area contributed by atoms with Gasteiger partial charge < -0.3 is 14.8 Å². The van der Waals surface area contributed by atoms with Gasteiger partial charge in [0.25, 0.3) is 0 Å². The second-order valence-electron chi connectivity index (χ2n) is 4.99. The van der Waals surface area contributed by atoms with Crippen molar-refractivity contribution in [2.45, 2.75) is 52.7 Å². The van der Waals surface area contributed by atoms with E-state index < -0.39 is 6.61 Å². The molecule has 0 bridgehead atoms. The second kappa shape index (κ2) is 9.55. The zero-order chi connectivity index (χ0) is 15.7. The summed E-state index contributed by atoms with van der Waals surface area (Å²) in [4.78, 5) is 0. The molecule has 0 aliphatic carbocycles. The molecule has 0 aromatic heterocycles. The number of benzene rings is 1. The van der Waals surface area contributed by atoms with Crippen molar-refractivity contribution in [3.63, 3.8) is 0 Å². The fourth-order valence-corrected chi connectivity index (χ4v) is 2.05. The average Bonchev–Trinajstić information content (AvgIpc) is 2.45. The molecule has 1 unspecified atom stereocenters. The largest absolute Gasteiger partial charge is 0.490 e. The van der Waals surface area contributed by atoms with E-state index in [0.717, 1.165) is 31.4 Å². The summed E-state index contributed by atoms with van der Waals surface area (Å²) in [5.74, 6) is 0.470. The number of halogens is 2. The Labute approximate surface area is 125 Å². The molecular weight excluding hydrogens is 276 g/mol. The first-order chi connectivity index (χ1) is 10.1. The smallest absolute Gasteiger partial charge is 0.387 e. The first-order valence-electron chi connectivity index (χ1n) is 7.50. The normalized spacial score (nSPS) is 12.5. The second-order valence-corrected chi connectivity index (χ2v) is 4.99. The molecule has 0 saturated heterocycles. The van der Waals surface area contributed by atoms with Crippen LogP contribution in [0.25, 0.3) is 0 Å². The molecule has 0 spiro atoms. The zero-order valence-corrected chi connectivity index (χ0v) is 13.0. The van der Waals surface area contributed by atoms with Gasteiger partial charge in [0.2, 0.25) is 0 Å². The Hall–Kier alpha value is -1.36. The maximum absolute atomic E-state index is 12.3. The van der Waals surface area contributed by atoms with Gasteiger partial charge >= 0.3 is 6.61 Å². The fraction of sp³-hybridized carbons (Fsp3) is 0.625. The van der Waals surface area contributed by atoms with Crippen molar-refractivity contribution in [2.75, 3.05) is 13.2 Å². The number of hydrogen-bond donors (Lipinski definition) is 1. The molecule has 0 saturated carbocycles. The Kier molecular flexibility index (Phi) is 8.05. The molecule has 1 rings (SSSR count). The third kappa shape index (κ3) is 6.76. The lowest BCUT2D eigenvalue weighted by Crippen LogP contribution is -2.27. The summed E-state index contributed by atoms with van der Waals surface area (Å²) in [6, 6.07) is 5.58. The third-order valence-corrected chi connectivity index (χ3v) is 3.13. The van der Waals surface area contributed by atoms with Crippen molar-refractivity contribution in [3.05, 3.63) is 23.8 Å². The molecule has 1 aromatic rings. The number of nitrogens with one attached hydrogen (secondary N) is 1. The quantitative estimate of drug-likeness (QED) is 0.708. The molecule has 120 valence electrons. The van der Waals surface area contributed by atoms with E-state index in [1.165, 1.54) is 0 Å². The summed E-state index contributed by atoms with van der Waals surface area (Å²) >= 11 is 0. The topological polar surface area (TPSA) is 30.5 Å². The standard InChI is InChI=1S/C16H25F2NO2/c1-4-10-19-12(3)6-7-13-8-9-14(21-16(17)18)15(11-13)20-5-2/h8-9,11-12,16,19H,4-7,10H2,1-3H3. The Balaban J connectivity index is 2.64. The minimum Gasteiger partial charge on any atom is -0.490 e. The molecule has 1 N–H and O–H groups in total. The molecule has 0 amide bonds. The Morgan fingerprint density at radius 1 is 1.19 bits per heavy atom. The lowest BCUT2D eigenvalue weighted by Gasteiger charge is -2.15. The van der Waals surface area contributed by atoms with Gasteiger partial charge in [-0.15, -0.1) is 0 Å². The molecule has 21 heavy (non-hydrogen) atoms. The SMILES string of the molecule is CCCNC(C)CCc1ccc(OC(F)F)c(OCC)c1. The van der Waals surface area contributed by atoms with Crippen LogP contribution >= 0.6 is 0 Å². The fourth-order valence-electron chi connectivity index (χ4n) is 2.05. The monoisotopic (exact) mass is 301 g/mol. The van der Waals surface area contributed by atoms with Gasteiger partial charge in [-0.25, -0.2) is 0 Å². The molecule has 3 nitrogen and oxygen atoms in total. The summed E-state index contributed by atoms with van der Waals surface area (Å²) in [6.45, 7) is 4.68. The van der Waals surface area contributed by atoms with Gasteiger partial charge in [-0.05, 0) is 57.4 Å². The molecular formula is C16H25F2NO2. The maximum atomic E-state index is 12.3. The highest BCUT2D eigenvalue weighted by atomic mass is 19.3. The number of alkyl halides is 2. The highest BCUT2D eigenvalue weighted by Gasteiger charge is 2.12. The number of hydrogen-bond acceptors (Lipinski definition) is 3. The first kappa shape index (κ1) is 17.7. The van der Waals surface area contributed by atoms with Crippen LogP contribution in [0.15, 0.2) is 18.2 Å². The minimum atomic E-state index is -2.84. The summed E-state index contributed by atoms with van der Waals surface area (Å²) in [5, 5.41) is 3.42. The van der Waals surface area contributed by atoms with Crippen molar-refractivity contribution in [1.29, 1.82) is 0 Å². The van der Waals surface area contributed by atoms with Gasteiger partial charge in [0.05, 0.1) is 6.61 Å². The van der Waals surface area contributed by atoms with Gasteiger partial charge in [0, 0.05) is 6.04 Å². The van der Waals surface area contributed by atoms with Gasteiger partial charge in [0.1, 0.15) is 0 Å². The predicted molar refractivity (Wildman–Crippen MR) is 80.3 cm³/mol. The van der Waals surface area contributed by atoms with Gasteiger partial charge in [-0.2, -0.15) is 8.78 Å². The maximum Gasteiger partial charge on any atom is 0.387 e. The Bertz CT molecular complexity index is 413. The van der Waals surface area contributed by atoms with E-state index >= 15 is 0 Å². The van der Waals surface area contributed by atoms with Crippen molar-refractivity contribution in [2.24, 2.45) is 0 Å². The number of aryl methyl sites for hydroxylation is 1. The van der Waals surface area contributed by atoms with E-state index in [0.29, 0.717) is 18.4 Å². The van der Waals surface area contributed by atoms with Crippen LogP contribution in [0.5, 0.6) is 11.5 Å². The Morgan fingerprint density at radius 3 is 2.57 bits per heavy atom. The van der Waals surface area contributed by atoms with E-state index in [1.54, 1.807) is 12.1 Å². The van der Waals surface area contributed by atoms with Gasteiger partial charge in [0.15, 0.2) is 11.5 Å². The predicted octanol–water partition coefficient (Wildman–Crippen LogP) is 4.01. The summed E-state index contributed by atoms with van der Waals surface area (Å²) in [6.07, 6.45) is 2.96. The average molecular weight is 301 g/mol. The molecule has 1 atom stereocenters. The van der Waals surface area contributed by atoms with Crippen LogP contribution in [0.4, 0.5) is 8.78 Å². The van der Waals surface area contributed by atoms with Crippen LogP contribution in [0.3, 0.4) is 0 Å². The van der Waals surface area contributed by atoms with Crippen LogP contribution in [-0.4, -0.2) is 25.8 Å². The van der Waals surface area contributed by atoms with Gasteiger partial charge in [-0.1, -0.05) is 13.0 Å². The van der Waals surface area contributed by atoms with Gasteiger partial charge in [-0.3, -0.25) is 0 Å². The highest BCUT2D eigenvalue weighted by molar-refractivity contribution is 5.43. The van der Waals surface area contributed by atoms with Crippen LogP contribution in [0, 0.1) is 0 Å². The molecule has 0 fully saturated rings. The molecule has 5 heteroatoms. The first-order valence-corrected chi connectivity index (χ1v) is 7.50. The lowest BCUT2D eigenvalue weighted by molar-refractivity contribution is -0.0514. The highest BCUT2D eigenvalue weighted by Crippen LogP contribution is 2.30. The summed E-state index contributed by atoms with van der Waals surface area (Å²) in [7, 11) is 0. The molecule has 0 radical (unpaired) electrons. The molecule has 1 aromatic carbocycles. The van der Waals surface area contributed by atoms with Crippen molar-refractivity contribution in [1.82, 2.24) is 5.32 Å². The van der Waals surface area contributed by atoms with Crippen LogP contribution in [-0.2, 0) is 6.42 Å². The van der Waals surface area contributed by atoms with E-state index in [9.17, 15) is 8.78 Å². The molecule has 0 aliphatic rings. The van der Waals surface area contributed by atoms with Crippen molar-refractivity contribution in [3.8, 4) is 11.5 Å². The van der Waals surface area contributed by atoms with E-state index in [1.807, 2.05) is 13.0 Å². The zero-order valence-electron chi connectivity index (χ0n) is 13.0. The van der Waals surface area contributed by atoms with Crippen LogP contribution in [0.1, 0.15) is 39.2 Å². The van der Waals surface area contributed by atoms with Crippen molar-refractivity contribution >= 4 is 0 Å². The molecule has 0 aliphatic heterocycles. The minimum absolute atomic E-state index is 0.0905. The van der Waals surface area contributed by atoms with Crippen molar-refractivity contribution < 1.29 is 18.3 Å².